The molecule has 0 bridgehead atoms. The molecule has 2 fully saturated rings. The molecule has 4 nitrogen and oxygen atoms in total. The summed E-state index contributed by atoms with van der Waals surface area (Å²) in [4.78, 5) is 26.1. The van der Waals surface area contributed by atoms with Gasteiger partial charge in [-0.3, -0.25) is 9.59 Å². The average molecular weight is 314 g/mol. The van der Waals surface area contributed by atoms with Crippen LogP contribution in [0, 0.1) is 5.92 Å². The van der Waals surface area contributed by atoms with Crippen molar-refractivity contribution in [3.63, 3.8) is 0 Å². The zero-order valence-electron chi connectivity index (χ0n) is 13.9. The lowest BCUT2D eigenvalue weighted by atomic mass is 10.1. The van der Waals surface area contributed by atoms with Crippen molar-refractivity contribution in [1.82, 2.24) is 10.2 Å². The number of amides is 1. The van der Waals surface area contributed by atoms with Gasteiger partial charge in [-0.1, -0.05) is 25.0 Å². The maximum absolute atomic E-state index is 12.2. The summed E-state index contributed by atoms with van der Waals surface area (Å²) in [6.07, 6.45) is 6.63. The third kappa shape index (κ3) is 3.99. The van der Waals surface area contributed by atoms with Crippen molar-refractivity contribution in [2.75, 3.05) is 19.6 Å². The Hall–Kier alpha value is -1.68. The lowest BCUT2D eigenvalue weighted by molar-refractivity contribution is 0.0945. The molecule has 124 valence electrons. The topological polar surface area (TPSA) is 49.4 Å². The second kappa shape index (κ2) is 7.26. The van der Waals surface area contributed by atoms with E-state index in [0.29, 0.717) is 17.0 Å². The summed E-state index contributed by atoms with van der Waals surface area (Å²) in [6, 6.07) is 7.68. The Labute approximate surface area is 138 Å². The molecule has 0 aromatic heterocycles. The van der Waals surface area contributed by atoms with Gasteiger partial charge in [0.25, 0.3) is 5.91 Å². The fourth-order valence-corrected chi connectivity index (χ4v) is 3.83. The number of likely N-dealkylation sites (tertiary alicyclic amines) is 1. The molecule has 1 aliphatic carbocycles. The molecule has 1 N–H and O–H groups in total. The largest absolute Gasteiger partial charge is 0.352 e. The predicted octanol–water partition coefficient (Wildman–Crippen LogP) is 2.88. The summed E-state index contributed by atoms with van der Waals surface area (Å²) in [5.41, 5.74) is 1.27. The van der Waals surface area contributed by atoms with E-state index in [4.69, 9.17) is 0 Å². The molecule has 4 heteroatoms. The summed E-state index contributed by atoms with van der Waals surface area (Å²) < 4.78 is 0. The highest BCUT2D eigenvalue weighted by molar-refractivity contribution is 5.97. The Kier molecular flexibility index (Phi) is 5.11. The van der Waals surface area contributed by atoms with Crippen molar-refractivity contribution >= 4 is 11.7 Å². The van der Waals surface area contributed by atoms with Crippen molar-refractivity contribution in [1.29, 1.82) is 0 Å². The molecule has 1 heterocycles. The number of nitrogens with one attached hydrogen (secondary N) is 1. The lowest BCUT2D eigenvalue weighted by Gasteiger charge is -2.23. The number of benzene rings is 1. The van der Waals surface area contributed by atoms with E-state index in [-0.39, 0.29) is 11.7 Å². The van der Waals surface area contributed by atoms with E-state index in [9.17, 15) is 9.59 Å². The molecule has 1 atom stereocenters. The number of carbonyl (C=O) groups is 2. The maximum Gasteiger partial charge on any atom is 0.251 e. The van der Waals surface area contributed by atoms with Crippen LogP contribution in [0.2, 0.25) is 0 Å². The molecule has 1 amide bonds. The van der Waals surface area contributed by atoms with Gasteiger partial charge in [-0.15, -0.1) is 0 Å². The van der Waals surface area contributed by atoms with Crippen LogP contribution in [-0.4, -0.2) is 42.3 Å². The molecular formula is C19H26N2O2. The van der Waals surface area contributed by atoms with E-state index in [2.05, 4.69) is 10.2 Å². The van der Waals surface area contributed by atoms with Gasteiger partial charge in [-0.2, -0.15) is 0 Å². The number of carbonyl (C=O) groups excluding carboxylic acids is 2. The number of Topliss-reactive ketones (excluding diaryl/α,β-unsaturated/α-hetero) is 1. The van der Waals surface area contributed by atoms with Gasteiger partial charge in [0.05, 0.1) is 0 Å². The third-order valence-corrected chi connectivity index (χ3v) is 5.26. The van der Waals surface area contributed by atoms with E-state index >= 15 is 0 Å². The van der Waals surface area contributed by atoms with Crippen LogP contribution in [-0.2, 0) is 0 Å². The van der Waals surface area contributed by atoms with Crippen LogP contribution in [0.25, 0.3) is 0 Å². The van der Waals surface area contributed by atoms with Crippen LogP contribution in [0.4, 0.5) is 0 Å². The maximum atomic E-state index is 12.2. The van der Waals surface area contributed by atoms with E-state index < -0.39 is 0 Å². The van der Waals surface area contributed by atoms with Crippen molar-refractivity contribution < 1.29 is 9.59 Å². The Morgan fingerprint density at radius 2 is 1.74 bits per heavy atom. The molecule has 0 radical (unpaired) electrons. The number of ketones is 1. The fraction of sp³-hybridized carbons (Fsp3) is 0.579. The van der Waals surface area contributed by atoms with Crippen molar-refractivity contribution in [2.45, 2.75) is 45.1 Å². The highest BCUT2D eigenvalue weighted by Gasteiger charge is 2.29. The summed E-state index contributed by atoms with van der Waals surface area (Å²) in [5.74, 6) is 0.547. The van der Waals surface area contributed by atoms with Gasteiger partial charge < -0.3 is 10.2 Å². The molecule has 1 saturated heterocycles. The molecule has 0 spiro atoms. The van der Waals surface area contributed by atoms with Gasteiger partial charge in [-0.05, 0) is 50.8 Å². The highest BCUT2D eigenvalue weighted by Crippen LogP contribution is 2.28. The second-order valence-electron chi connectivity index (χ2n) is 6.93. The monoisotopic (exact) mass is 314 g/mol. The standard InChI is InChI=1S/C19H26N2O2/c1-14(22)16-6-8-17(9-7-16)19(23)20-12-15-10-11-21(13-15)18-4-2-3-5-18/h6-9,15,18H,2-5,10-13H2,1H3,(H,20,23). The van der Waals surface area contributed by atoms with E-state index in [1.807, 2.05) is 0 Å². The van der Waals surface area contributed by atoms with E-state index in [0.717, 1.165) is 19.1 Å². The molecule has 1 unspecified atom stereocenters. The summed E-state index contributed by atoms with van der Waals surface area (Å²) >= 11 is 0. The fourth-order valence-electron chi connectivity index (χ4n) is 3.83. The number of nitrogens with zero attached hydrogens (tertiary/aromatic N) is 1. The lowest BCUT2D eigenvalue weighted by Crippen LogP contribution is -2.34. The van der Waals surface area contributed by atoms with Crippen molar-refractivity contribution in [2.24, 2.45) is 5.92 Å². The molecule has 23 heavy (non-hydrogen) atoms. The summed E-state index contributed by atoms with van der Waals surface area (Å²) in [6.45, 7) is 4.58. The van der Waals surface area contributed by atoms with Gasteiger partial charge in [0, 0.05) is 30.3 Å². The minimum absolute atomic E-state index is 0.0231. The zero-order chi connectivity index (χ0) is 16.2. The van der Waals surface area contributed by atoms with Gasteiger partial charge in [-0.25, -0.2) is 0 Å². The minimum Gasteiger partial charge on any atom is -0.352 e. The Balaban J connectivity index is 1.46. The molecular weight excluding hydrogens is 288 g/mol. The Morgan fingerprint density at radius 3 is 2.39 bits per heavy atom. The summed E-state index contributed by atoms with van der Waals surface area (Å²) in [5, 5.41) is 3.05. The highest BCUT2D eigenvalue weighted by atomic mass is 16.1. The SMILES string of the molecule is CC(=O)c1ccc(C(=O)NCC2CCN(C3CCCC3)C2)cc1. The second-order valence-corrected chi connectivity index (χ2v) is 6.93. The first kappa shape index (κ1) is 16.2. The number of hydrogen-bond donors (Lipinski definition) is 1. The molecule has 1 aliphatic heterocycles. The van der Waals surface area contributed by atoms with Crippen LogP contribution in [0.1, 0.15) is 59.7 Å². The van der Waals surface area contributed by atoms with Gasteiger partial charge >= 0.3 is 0 Å². The van der Waals surface area contributed by atoms with E-state index in [1.54, 1.807) is 24.3 Å². The van der Waals surface area contributed by atoms with Crippen LogP contribution in [0.15, 0.2) is 24.3 Å². The Morgan fingerprint density at radius 1 is 1.09 bits per heavy atom. The first-order valence-electron chi connectivity index (χ1n) is 8.77. The van der Waals surface area contributed by atoms with Gasteiger partial charge in [0.15, 0.2) is 5.78 Å². The van der Waals surface area contributed by atoms with E-state index in [1.165, 1.54) is 45.6 Å². The average Bonchev–Trinajstić information content (AvgIpc) is 3.23. The number of hydrogen-bond acceptors (Lipinski definition) is 3. The molecule has 1 saturated carbocycles. The van der Waals surface area contributed by atoms with Gasteiger partial charge in [0.2, 0.25) is 0 Å². The minimum atomic E-state index is -0.0422. The number of rotatable bonds is 5. The van der Waals surface area contributed by atoms with Crippen LogP contribution >= 0.6 is 0 Å². The normalized spacial score (nSPS) is 22.4. The zero-order valence-corrected chi connectivity index (χ0v) is 13.9. The van der Waals surface area contributed by atoms with Crippen molar-refractivity contribution in [3.8, 4) is 0 Å². The first-order valence-corrected chi connectivity index (χ1v) is 8.77. The summed E-state index contributed by atoms with van der Waals surface area (Å²) in [7, 11) is 0. The van der Waals surface area contributed by atoms with Gasteiger partial charge in [0.1, 0.15) is 0 Å². The van der Waals surface area contributed by atoms with Crippen LogP contribution in [0.3, 0.4) is 0 Å². The van der Waals surface area contributed by atoms with Crippen molar-refractivity contribution in [3.05, 3.63) is 35.4 Å². The smallest absolute Gasteiger partial charge is 0.251 e. The molecule has 1 aromatic rings. The molecule has 2 aliphatic rings. The molecule has 3 rings (SSSR count). The molecule has 1 aromatic carbocycles. The van der Waals surface area contributed by atoms with Crippen LogP contribution in [0.5, 0.6) is 0 Å². The van der Waals surface area contributed by atoms with Crippen LogP contribution < -0.4 is 5.32 Å². The quantitative estimate of drug-likeness (QED) is 0.850. The third-order valence-electron chi connectivity index (χ3n) is 5.26. The predicted molar refractivity (Wildman–Crippen MR) is 90.7 cm³/mol. The Bertz CT molecular complexity index is 561. The first-order chi connectivity index (χ1) is 11.1.